The molecule has 8 nitrogen and oxygen atoms in total. The van der Waals surface area contributed by atoms with E-state index in [1.807, 2.05) is 43.6 Å². The van der Waals surface area contributed by atoms with Gasteiger partial charge in [0.15, 0.2) is 17.2 Å². The number of rotatable bonds is 9. The first-order chi connectivity index (χ1) is 15.4. The lowest BCUT2D eigenvalue weighted by molar-refractivity contribution is 0.323. The molecule has 2 N–H and O–H groups in total. The molecular weight excluding hydrogens is 430 g/mol. The highest BCUT2D eigenvalue weighted by Gasteiger charge is 2.19. The van der Waals surface area contributed by atoms with Gasteiger partial charge >= 0.3 is 0 Å². The molecule has 0 fully saturated rings. The Morgan fingerprint density at radius 3 is 2.03 bits per heavy atom. The van der Waals surface area contributed by atoms with E-state index < -0.39 is 0 Å². The average Bonchev–Trinajstić information content (AvgIpc) is 3.22. The van der Waals surface area contributed by atoms with Crippen molar-refractivity contribution in [3.63, 3.8) is 0 Å². The second-order valence-corrected chi connectivity index (χ2v) is 7.80. The minimum atomic E-state index is 0.426. The quantitative estimate of drug-likeness (QED) is 0.375. The number of anilines is 1. The van der Waals surface area contributed by atoms with E-state index in [-0.39, 0.29) is 0 Å². The number of hydrogen-bond donors (Lipinski definition) is 1. The number of nitrogens with two attached hydrogens (primary N) is 1. The maximum Gasteiger partial charge on any atom is 0.203 e. The van der Waals surface area contributed by atoms with Crippen molar-refractivity contribution in [2.24, 2.45) is 7.05 Å². The molecule has 0 atom stereocenters. The van der Waals surface area contributed by atoms with Gasteiger partial charge in [-0.3, -0.25) is 4.68 Å². The Morgan fingerprint density at radius 1 is 0.906 bits per heavy atom. The minimum Gasteiger partial charge on any atom is -0.494 e. The molecule has 2 aromatic carbocycles. The van der Waals surface area contributed by atoms with Gasteiger partial charge in [-0.15, -0.1) is 0 Å². The summed E-state index contributed by atoms with van der Waals surface area (Å²) in [5.41, 5.74) is 8.47. The molecule has 0 saturated carbocycles. The van der Waals surface area contributed by atoms with E-state index in [0.717, 1.165) is 20.9 Å². The van der Waals surface area contributed by atoms with E-state index in [1.54, 1.807) is 46.4 Å². The fourth-order valence-corrected chi connectivity index (χ4v) is 4.30. The highest BCUT2D eigenvalue weighted by atomic mass is 32.2. The smallest absolute Gasteiger partial charge is 0.203 e. The van der Waals surface area contributed by atoms with Crippen molar-refractivity contribution >= 4 is 28.4 Å². The van der Waals surface area contributed by atoms with Gasteiger partial charge < -0.3 is 29.4 Å². The molecule has 0 amide bonds. The Kier molecular flexibility index (Phi) is 7.42. The number of thioether (sulfide) groups is 1. The molecular formula is C23H27N3O5S. The molecule has 0 aliphatic heterocycles. The average molecular weight is 458 g/mol. The largest absolute Gasteiger partial charge is 0.494 e. The fraction of sp³-hybridized carbons (Fsp3) is 0.261. The van der Waals surface area contributed by atoms with Crippen molar-refractivity contribution in [2.75, 3.05) is 41.3 Å². The Hall–Kier alpha value is -3.46. The van der Waals surface area contributed by atoms with Gasteiger partial charge in [0.25, 0.3) is 0 Å². The molecule has 9 heteroatoms. The summed E-state index contributed by atoms with van der Waals surface area (Å²) in [4.78, 5) is 1.77. The summed E-state index contributed by atoms with van der Waals surface area (Å²) in [5.74, 6) is 2.74. The number of ether oxygens (including phenoxy) is 5. The van der Waals surface area contributed by atoms with Crippen LogP contribution in [0.15, 0.2) is 41.6 Å². The van der Waals surface area contributed by atoms with Gasteiger partial charge in [-0.25, -0.2) is 0 Å². The van der Waals surface area contributed by atoms with Crippen LogP contribution in [0.1, 0.15) is 11.1 Å². The molecule has 0 spiro atoms. The lowest BCUT2D eigenvalue weighted by Crippen LogP contribution is -2.00. The summed E-state index contributed by atoms with van der Waals surface area (Å²) in [5, 5.41) is 4.27. The van der Waals surface area contributed by atoms with Gasteiger partial charge in [0, 0.05) is 34.2 Å². The van der Waals surface area contributed by atoms with Crippen molar-refractivity contribution in [3.05, 3.63) is 47.8 Å². The summed E-state index contributed by atoms with van der Waals surface area (Å²) in [7, 11) is 9.78. The van der Waals surface area contributed by atoms with Gasteiger partial charge in [0.2, 0.25) is 5.75 Å². The molecule has 3 rings (SSSR count). The first-order valence-corrected chi connectivity index (χ1v) is 10.5. The van der Waals surface area contributed by atoms with Crippen molar-refractivity contribution < 1.29 is 23.7 Å². The zero-order chi connectivity index (χ0) is 23.3. The van der Waals surface area contributed by atoms with E-state index in [4.69, 9.17) is 29.4 Å². The predicted molar refractivity (Wildman–Crippen MR) is 127 cm³/mol. The second-order valence-electron chi connectivity index (χ2n) is 6.68. The normalized spacial score (nSPS) is 11.2. The molecule has 0 radical (unpaired) electrons. The van der Waals surface area contributed by atoms with Crippen LogP contribution in [0.3, 0.4) is 0 Å². The monoisotopic (exact) mass is 457 g/mol. The molecule has 0 saturated heterocycles. The maximum absolute atomic E-state index is 6.30. The molecule has 1 heterocycles. The third kappa shape index (κ3) is 4.72. The standard InChI is InChI=1S/C23H27N3O5S/c1-26-13-14(12-25-26)9-20(16-7-8-17(27-2)21(24)22(16)30-5)32-15-10-18(28-3)23(31-6)19(11-15)29-4/h7-13H,24H2,1-6H3/b20-9-. The lowest BCUT2D eigenvalue weighted by Gasteiger charge is -2.18. The SMILES string of the molecule is COc1ccc(/C(=C/c2cnn(C)c2)Sc2cc(OC)c(OC)c(OC)c2)c(OC)c1N. The minimum absolute atomic E-state index is 0.426. The zero-order valence-corrected chi connectivity index (χ0v) is 19.8. The number of nitrogens with zero attached hydrogens (tertiary/aromatic N) is 2. The first kappa shape index (κ1) is 23.2. The lowest BCUT2D eigenvalue weighted by atomic mass is 10.1. The van der Waals surface area contributed by atoms with Crippen LogP contribution in [0.5, 0.6) is 28.7 Å². The van der Waals surface area contributed by atoms with Crippen molar-refractivity contribution in [3.8, 4) is 28.7 Å². The van der Waals surface area contributed by atoms with Gasteiger partial charge in [-0.05, 0) is 30.3 Å². The molecule has 170 valence electrons. The molecule has 0 unspecified atom stereocenters. The van der Waals surface area contributed by atoms with Crippen LogP contribution in [-0.4, -0.2) is 45.3 Å². The van der Waals surface area contributed by atoms with E-state index in [0.29, 0.717) is 34.4 Å². The van der Waals surface area contributed by atoms with Crippen molar-refractivity contribution in [2.45, 2.75) is 4.90 Å². The van der Waals surface area contributed by atoms with Crippen LogP contribution < -0.4 is 29.4 Å². The molecule has 1 aromatic heterocycles. The number of nitrogen functional groups attached to an aromatic ring is 1. The maximum atomic E-state index is 6.30. The van der Waals surface area contributed by atoms with Crippen LogP contribution in [0.4, 0.5) is 5.69 Å². The van der Waals surface area contributed by atoms with E-state index in [1.165, 1.54) is 11.8 Å². The van der Waals surface area contributed by atoms with Crippen LogP contribution in [0, 0.1) is 0 Å². The number of aromatic nitrogens is 2. The number of hydrogen-bond acceptors (Lipinski definition) is 8. The van der Waals surface area contributed by atoms with Crippen LogP contribution >= 0.6 is 11.8 Å². The summed E-state index contributed by atoms with van der Waals surface area (Å²) in [6, 6.07) is 7.52. The second kappa shape index (κ2) is 10.2. The first-order valence-electron chi connectivity index (χ1n) is 9.64. The fourth-order valence-electron chi connectivity index (χ4n) is 3.24. The highest BCUT2D eigenvalue weighted by molar-refractivity contribution is 8.08. The van der Waals surface area contributed by atoms with E-state index >= 15 is 0 Å². The summed E-state index contributed by atoms with van der Waals surface area (Å²) in [6.45, 7) is 0. The van der Waals surface area contributed by atoms with Gasteiger partial charge in [-0.2, -0.15) is 5.10 Å². The number of methoxy groups -OCH3 is 5. The van der Waals surface area contributed by atoms with E-state index in [9.17, 15) is 0 Å². The van der Waals surface area contributed by atoms with Crippen LogP contribution in [0.25, 0.3) is 11.0 Å². The molecule has 3 aromatic rings. The van der Waals surface area contributed by atoms with Crippen LogP contribution in [0.2, 0.25) is 0 Å². The Balaban J connectivity index is 2.16. The molecule has 0 aliphatic carbocycles. The summed E-state index contributed by atoms with van der Waals surface area (Å²) >= 11 is 1.51. The Morgan fingerprint density at radius 2 is 1.53 bits per heavy atom. The molecule has 0 aliphatic rings. The van der Waals surface area contributed by atoms with Gasteiger partial charge in [0.1, 0.15) is 11.4 Å². The molecule has 32 heavy (non-hydrogen) atoms. The van der Waals surface area contributed by atoms with Crippen molar-refractivity contribution in [1.29, 1.82) is 0 Å². The number of benzene rings is 2. The predicted octanol–water partition coefficient (Wildman–Crippen LogP) is 4.34. The van der Waals surface area contributed by atoms with Gasteiger partial charge in [-0.1, -0.05) is 11.8 Å². The summed E-state index contributed by atoms with van der Waals surface area (Å²) < 4.78 is 29.2. The third-order valence-electron chi connectivity index (χ3n) is 4.73. The highest BCUT2D eigenvalue weighted by Crippen LogP contribution is 2.48. The Bertz CT molecular complexity index is 1100. The third-order valence-corrected chi connectivity index (χ3v) is 5.76. The van der Waals surface area contributed by atoms with Crippen molar-refractivity contribution in [1.82, 2.24) is 9.78 Å². The topological polar surface area (TPSA) is 90.0 Å². The summed E-state index contributed by atoms with van der Waals surface area (Å²) in [6.07, 6.45) is 5.73. The Labute approximate surface area is 191 Å². The van der Waals surface area contributed by atoms with Crippen LogP contribution in [-0.2, 0) is 7.05 Å². The molecule has 0 bridgehead atoms. The van der Waals surface area contributed by atoms with E-state index in [2.05, 4.69) is 5.10 Å². The zero-order valence-electron chi connectivity index (χ0n) is 19.0. The number of aryl methyl sites for hydroxylation is 1. The van der Waals surface area contributed by atoms with Gasteiger partial charge in [0.05, 0.1) is 41.7 Å².